The smallest absolute Gasteiger partial charge is 0.218 e. The standard InChI is InChI=1S/C14H15ClN2O/c1-10-6-7-11(8-16)14(17-10)18-9-12-4-2-3-5-13(12)15/h2-7H,8-9,16H2,1H3. The number of halogens is 1. The Kier molecular flexibility index (Phi) is 4.18. The van der Waals surface area contributed by atoms with Crippen molar-refractivity contribution in [2.75, 3.05) is 0 Å². The number of ether oxygens (including phenoxy) is 1. The molecule has 2 N–H and O–H groups in total. The third-order valence-corrected chi connectivity index (χ3v) is 2.99. The maximum absolute atomic E-state index is 6.07. The average molecular weight is 263 g/mol. The van der Waals surface area contributed by atoms with Crippen LogP contribution in [-0.4, -0.2) is 4.98 Å². The maximum atomic E-state index is 6.07. The van der Waals surface area contributed by atoms with Gasteiger partial charge in [-0.15, -0.1) is 0 Å². The first-order valence-corrected chi connectivity index (χ1v) is 6.11. The minimum Gasteiger partial charge on any atom is -0.472 e. The molecule has 0 spiro atoms. The Morgan fingerprint density at radius 2 is 1.94 bits per heavy atom. The first-order valence-electron chi connectivity index (χ1n) is 5.73. The van der Waals surface area contributed by atoms with E-state index in [4.69, 9.17) is 22.1 Å². The van der Waals surface area contributed by atoms with Crippen LogP contribution in [-0.2, 0) is 13.2 Å². The van der Waals surface area contributed by atoms with Crippen LogP contribution in [0, 0.1) is 6.92 Å². The van der Waals surface area contributed by atoms with E-state index >= 15 is 0 Å². The zero-order valence-electron chi connectivity index (χ0n) is 10.2. The summed E-state index contributed by atoms with van der Waals surface area (Å²) in [5.41, 5.74) is 8.39. The van der Waals surface area contributed by atoms with Gasteiger partial charge in [0, 0.05) is 28.4 Å². The van der Waals surface area contributed by atoms with Gasteiger partial charge in [-0.3, -0.25) is 0 Å². The van der Waals surface area contributed by atoms with Crippen molar-refractivity contribution in [1.29, 1.82) is 0 Å². The van der Waals surface area contributed by atoms with Crippen molar-refractivity contribution in [2.45, 2.75) is 20.1 Å². The fraction of sp³-hybridized carbons (Fsp3) is 0.214. The van der Waals surface area contributed by atoms with Gasteiger partial charge in [0.2, 0.25) is 5.88 Å². The number of hydrogen-bond acceptors (Lipinski definition) is 3. The predicted octanol–water partition coefficient (Wildman–Crippen LogP) is 3.08. The van der Waals surface area contributed by atoms with Crippen molar-refractivity contribution >= 4 is 11.6 Å². The van der Waals surface area contributed by atoms with Crippen LogP contribution in [0.15, 0.2) is 36.4 Å². The topological polar surface area (TPSA) is 48.1 Å². The van der Waals surface area contributed by atoms with Crippen LogP contribution < -0.4 is 10.5 Å². The first kappa shape index (κ1) is 12.9. The molecule has 0 fully saturated rings. The number of aryl methyl sites for hydroxylation is 1. The molecule has 0 aliphatic heterocycles. The number of nitrogens with two attached hydrogens (primary N) is 1. The fourth-order valence-electron chi connectivity index (χ4n) is 1.60. The molecule has 2 aromatic rings. The molecule has 0 bridgehead atoms. The Hall–Kier alpha value is -1.58. The summed E-state index contributed by atoms with van der Waals surface area (Å²) in [6.07, 6.45) is 0. The summed E-state index contributed by atoms with van der Waals surface area (Å²) in [6.45, 7) is 2.72. The lowest BCUT2D eigenvalue weighted by atomic mass is 10.2. The normalized spacial score (nSPS) is 10.4. The number of nitrogens with zero attached hydrogens (tertiary/aromatic N) is 1. The van der Waals surface area contributed by atoms with Crippen molar-refractivity contribution in [3.05, 3.63) is 58.2 Å². The average Bonchev–Trinajstić information content (AvgIpc) is 2.38. The highest BCUT2D eigenvalue weighted by atomic mass is 35.5. The van der Waals surface area contributed by atoms with Crippen LogP contribution in [0.25, 0.3) is 0 Å². The van der Waals surface area contributed by atoms with Crippen LogP contribution in [0.2, 0.25) is 5.02 Å². The second-order valence-corrected chi connectivity index (χ2v) is 4.41. The quantitative estimate of drug-likeness (QED) is 0.921. The monoisotopic (exact) mass is 262 g/mol. The van der Waals surface area contributed by atoms with Gasteiger partial charge in [0.15, 0.2) is 0 Å². The lowest BCUT2D eigenvalue weighted by Crippen LogP contribution is -2.05. The molecular weight excluding hydrogens is 248 g/mol. The number of rotatable bonds is 4. The van der Waals surface area contributed by atoms with E-state index in [2.05, 4.69) is 4.98 Å². The summed E-state index contributed by atoms with van der Waals surface area (Å²) in [6, 6.07) is 11.4. The maximum Gasteiger partial charge on any atom is 0.218 e. The number of pyridine rings is 1. The molecule has 0 atom stereocenters. The highest BCUT2D eigenvalue weighted by Gasteiger charge is 2.06. The van der Waals surface area contributed by atoms with Gasteiger partial charge in [0.05, 0.1) is 0 Å². The van der Waals surface area contributed by atoms with Gasteiger partial charge < -0.3 is 10.5 Å². The van der Waals surface area contributed by atoms with E-state index in [-0.39, 0.29) is 0 Å². The van der Waals surface area contributed by atoms with E-state index < -0.39 is 0 Å². The van der Waals surface area contributed by atoms with Gasteiger partial charge >= 0.3 is 0 Å². The van der Waals surface area contributed by atoms with Crippen LogP contribution in [0.1, 0.15) is 16.8 Å². The minimum atomic E-state index is 0.392. The second kappa shape index (κ2) is 5.85. The molecule has 0 aliphatic carbocycles. The molecule has 0 amide bonds. The van der Waals surface area contributed by atoms with Crippen LogP contribution in [0.3, 0.4) is 0 Å². The molecule has 2 rings (SSSR count). The zero-order chi connectivity index (χ0) is 13.0. The van der Waals surface area contributed by atoms with Crippen LogP contribution >= 0.6 is 11.6 Å². The van der Waals surface area contributed by atoms with Gasteiger partial charge in [-0.25, -0.2) is 4.98 Å². The summed E-state index contributed by atoms with van der Waals surface area (Å²) in [7, 11) is 0. The molecule has 0 aliphatic rings. The van der Waals surface area contributed by atoms with E-state index in [1.54, 1.807) is 0 Å². The van der Waals surface area contributed by atoms with E-state index in [9.17, 15) is 0 Å². The molecule has 1 heterocycles. The molecule has 18 heavy (non-hydrogen) atoms. The Labute approximate surface area is 112 Å². The Morgan fingerprint density at radius 1 is 1.17 bits per heavy atom. The SMILES string of the molecule is Cc1ccc(CN)c(OCc2ccccc2Cl)n1. The van der Waals surface area contributed by atoms with Crippen molar-refractivity contribution in [2.24, 2.45) is 5.73 Å². The zero-order valence-corrected chi connectivity index (χ0v) is 10.9. The highest BCUT2D eigenvalue weighted by Crippen LogP contribution is 2.20. The third-order valence-electron chi connectivity index (χ3n) is 2.62. The minimum absolute atomic E-state index is 0.392. The Bertz CT molecular complexity index is 543. The summed E-state index contributed by atoms with van der Waals surface area (Å²) < 4.78 is 5.70. The second-order valence-electron chi connectivity index (χ2n) is 4.00. The van der Waals surface area contributed by atoms with Gasteiger partial charge in [0.25, 0.3) is 0 Å². The largest absolute Gasteiger partial charge is 0.472 e. The number of aromatic nitrogens is 1. The van der Waals surface area contributed by atoms with Gasteiger partial charge in [0.1, 0.15) is 6.61 Å². The molecule has 3 nitrogen and oxygen atoms in total. The van der Waals surface area contributed by atoms with Crippen molar-refractivity contribution in [3.63, 3.8) is 0 Å². The van der Waals surface area contributed by atoms with Gasteiger partial charge in [-0.2, -0.15) is 0 Å². The lowest BCUT2D eigenvalue weighted by molar-refractivity contribution is 0.290. The van der Waals surface area contributed by atoms with Gasteiger partial charge in [-0.05, 0) is 19.1 Å². The molecule has 4 heteroatoms. The van der Waals surface area contributed by atoms with Gasteiger partial charge in [-0.1, -0.05) is 35.9 Å². The Balaban J connectivity index is 2.15. The van der Waals surface area contributed by atoms with E-state index in [0.717, 1.165) is 16.8 Å². The highest BCUT2D eigenvalue weighted by molar-refractivity contribution is 6.31. The fourth-order valence-corrected chi connectivity index (χ4v) is 1.79. The van der Waals surface area contributed by atoms with E-state index in [0.29, 0.717) is 24.1 Å². The molecule has 94 valence electrons. The van der Waals surface area contributed by atoms with E-state index in [1.807, 2.05) is 43.3 Å². The van der Waals surface area contributed by atoms with Crippen molar-refractivity contribution in [3.8, 4) is 5.88 Å². The predicted molar refractivity (Wildman–Crippen MR) is 72.6 cm³/mol. The molecule has 0 saturated heterocycles. The number of hydrogen-bond donors (Lipinski definition) is 1. The van der Waals surface area contributed by atoms with Crippen molar-refractivity contribution < 1.29 is 4.74 Å². The summed E-state index contributed by atoms with van der Waals surface area (Å²) in [4.78, 5) is 4.34. The molecule has 0 radical (unpaired) electrons. The summed E-state index contributed by atoms with van der Waals surface area (Å²) in [5.74, 6) is 0.581. The third kappa shape index (κ3) is 3.00. The molecule has 1 aromatic carbocycles. The summed E-state index contributed by atoms with van der Waals surface area (Å²) in [5, 5.41) is 0.694. The molecule has 0 saturated carbocycles. The lowest BCUT2D eigenvalue weighted by Gasteiger charge is -2.10. The molecule has 0 unspecified atom stereocenters. The first-order chi connectivity index (χ1) is 8.70. The van der Waals surface area contributed by atoms with Crippen molar-refractivity contribution in [1.82, 2.24) is 4.98 Å². The molecular formula is C14H15ClN2O. The van der Waals surface area contributed by atoms with E-state index in [1.165, 1.54) is 0 Å². The molecule has 1 aromatic heterocycles. The summed E-state index contributed by atoms with van der Waals surface area (Å²) >= 11 is 6.07. The number of benzene rings is 1. The van der Waals surface area contributed by atoms with Crippen LogP contribution in [0.4, 0.5) is 0 Å². The Morgan fingerprint density at radius 3 is 2.67 bits per heavy atom. The van der Waals surface area contributed by atoms with Crippen LogP contribution in [0.5, 0.6) is 5.88 Å².